The van der Waals surface area contributed by atoms with Crippen molar-refractivity contribution in [2.75, 3.05) is 7.11 Å². The summed E-state index contributed by atoms with van der Waals surface area (Å²) in [5, 5.41) is 10.8. The monoisotopic (exact) mass is 366 g/mol. The van der Waals surface area contributed by atoms with Crippen molar-refractivity contribution in [1.29, 1.82) is 0 Å². The summed E-state index contributed by atoms with van der Waals surface area (Å²) in [5.74, 6) is 1.20. The number of hydrogen-bond acceptors (Lipinski definition) is 4. The highest BCUT2D eigenvalue weighted by molar-refractivity contribution is 5.86. The summed E-state index contributed by atoms with van der Waals surface area (Å²) < 4.78 is 11.3. The number of methoxy groups -OCH3 is 1. The van der Waals surface area contributed by atoms with Crippen LogP contribution >= 0.6 is 0 Å². The molecule has 1 N–H and O–H groups in total. The summed E-state index contributed by atoms with van der Waals surface area (Å²) in [4.78, 5) is 13.1. The molecule has 0 radical (unpaired) electrons. The zero-order valence-corrected chi connectivity index (χ0v) is 16.1. The standard InChI is InChI=1S/C23H26O4/c1-4-5-8-15(2)13-18-20(24)12-11-17-22(25)19(14-27-23(17)18)16-9-6-7-10-21(16)26-3/h6-7,9-12,14-15,24H,4-5,8,13H2,1-3H3. The van der Waals surface area contributed by atoms with Gasteiger partial charge in [0.05, 0.1) is 18.1 Å². The van der Waals surface area contributed by atoms with Gasteiger partial charge < -0.3 is 14.3 Å². The number of phenolic OH excluding ortho intramolecular Hbond substituents is 1. The third-order valence-corrected chi connectivity index (χ3v) is 5.02. The van der Waals surface area contributed by atoms with E-state index in [0.717, 1.165) is 19.3 Å². The molecule has 3 rings (SSSR count). The number of rotatable bonds is 7. The molecule has 0 saturated heterocycles. The maximum Gasteiger partial charge on any atom is 0.200 e. The van der Waals surface area contributed by atoms with Crippen LogP contribution in [0, 0.1) is 5.92 Å². The molecule has 0 aliphatic rings. The molecule has 0 amide bonds. The van der Waals surface area contributed by atoms with Gasteiger partial charge in [0.15, 0.2) is 0 Å². The minimum absolute atomic E-state index is 0.122. The van der Waals surface area contributed by atoms with Crippen molar-refractivity contribution in [3.63, 3.8) is 0 Å². The second-order valence-electron chi connectivity index (χ2n) is 7.07. The Bertz CT molecular complexity index is 987. The number of phenols is 1. The highest BCUT2D eigenvalue weighted by atomic mass is 16.5. The van der Waals surface area contributed by atoms with Gasteiger partial charge in [-0.1, -0.05) is 51.3 Å². The Morgan fingerprint density at radius 2 is 1.93 bits per heavy atom. The molecule has 4 heteroatoms. The number of fused-ring (bicyclic) bond motifs is 1. The predicted molar refractivity (Wildman–Crippen MR) is 109 cm³/mol. The number of para-hydroxylation sites is 1. The molecule has 1 aromatic heterocycles. The third-order valence-electron chi connectivity index (χ3n) is 5.02. The van der Waals surface area contributed by atoms with Crippen LogP contribution in [0.5, 0.6) is 11.5 Å². The topological polar surface area (TPSA) is 59.7 Å². The first kappa shape index (κ1) is 19.0. The van der Waals surface area contributed by atoms with E-state index in [1.165, 1.54) is 6.26 Å². The van der Waals surface area contributed by atoms with Crippen LogP contribution in [0.25, 0.3) is 22.1 Å². The first-order valence-corrected chi connectivity index (χ1v) is 9.46. The fraction of sp³-hybridized carbons (Fsp3) is 0.348. The predicted octanol–water partition coefficient (Wildman–Crippen LogP) is 5.54. The smallest absolute Gasteiger partial charge is 0.200 e. The minimum atomic E-state index is -0.122. The molecular formula is C23H26O4. The van der Waals surface area contributed by atoms with Crippen molar-refractivity contribution in [3.8, 4) is 22.6 Å². The Labute approximate surface area is 159 Å². The van der Waals surface area contributed by atoms with Crippen molar-refractivity contribution < 1.29 is 14.3 Å². The summed E-state index contributed by atoms with van der Waals surface area (Å²) in [6.45, 7) is 4.33. The zero-order valence-electron chi connectivity index (χ0n) is 16.1. The average Bonchev–Trinajstić information content (AvgIpc) is 2.69. The number of benzene rings is 2. The molecule has 4 nitrogen and oxygen atoms in total. The quantitative estimate of drug-likeness (QED) is 0.596. The Balaban J connectivity index is 2.10. The lowest BCUT2D eigenvalue weighted by Crippen LogP contribution is -2.08. The van der Waals surface area contributed by atoms with Gasteiger partial charge in [0.2, 0.25) is 5.43 Å². The van der Waals surface area contributed by atoms with E-state index >= 15 is 0 Å². The molecule has 0 fully saturated rings. The highest BCUT2D eigenvalue weighted by Gasteiger charge is 2.18. The van der Waals surface area contributed by atoms with Crippen LogP contribution in [-0.4, -0.2) is 12.2 Å². The summed E-state index contributed by atoms with van der Waals surface area (Å²) in [6.07, 6.45) is 5.52. The van der Waals surface area contributed by atoms with E-state index in [2.05, 4.69) is 13.8 Å². The molecular weight excluding hydrogens is 340 g/mol. The van der Waals surface area contributed by atoms with Gasteiger partial charge in [0, 0.05) is 11.1 Å². The number of hydrogen-bond donors (Lipinski definition) is 1. The molecule has 0 bridgehead atoms. The summed E-state index contributed by atoms with van der Waals surface area (Å²) in [7, 11) is 1.58. The number of aromatic hydroxyl groups is 1. The first-order chi connectivity index (χ1) is 13.1. The zero-order chi connectivity index (χ0) is 19.4. The summed E-state index contributed by atoms with van der Waals surface area (Å²) in [6, 6.07) is 10.6. The molecule has 0 aliphatic heterocycles. The normalized spacial score (nSPS) is 12.3. The van der Waals surface area contributed by atoms with Crippen LogP contribution in [0.4, 0.5) is 0 Å². The van der Waals surface area contributed by atoms with E-state index in [1.54, 1.807) is 19.2 Å². The van der Waals surface area contributed by atoms with Crippen LogP contribution in [0.15, 0.2) is 51.9 Å². The molecule has 1 unspecified atom stereocenters. The van der Waals surface area contributed by atoms with Gasteiger partial charge in [0.1, 0.15) is 23.3 Å². The van der Waals surface area contributed by atoms with E-state index < -0.39 is 0 Å². The Morgan fingerprint density at radius 1 is 1.15 bits per heavy atom. The maximum atomic E-state index is 13.1. The lowest BCUT2D eigenvalue weighted by molar-refractivity contribution is 0.416. The lowest BCUT2D eigenvalue weighted by atomic mass is 9.93. The fourth-order valence-electron chi connectivity index (χ4n) is 3.50. The van der Waals surface area contributed by atoms with Gasteiger partial charge in [-0.05, 0) is 30.5 Å². The molecule has 1 heterocycles. The SMILES string of the molecule is CCCCC(C)Cc1c(O)ccc2c(=O)c(-c3ccccc3OC)coc12. The summed E-state index contributed by atoms with van der Waals surface area (Å²) in [5.41, 5.74) is 2.21. The second-order valence-corrected chi connectivity index (χ2v) is 7.07. The van der Waals surface area contributed by atoms with Crippen LogP contribution in [0.2, 0.25) is 0 Å². The minimum Gasteiger partial charge on any atom is -0.508 e. The number of ether oxygens (including phenoxy) is 1. The third kappa shape index (κ3) is 3.85. The van der Waals surface area contributed by atoms with Gasteiger partial charge in [-0.25, -0.2) is 0 Å². The first-order valence-electron chi connectivity index (χ1n) is 9.46. The maximum absolute atomic E-state index is 13.1. The van der Waals surface area contributed by atoms with E-state index in [1.807, 2.05) is 24.3 Å². The van der Waals surface area contributed by atoms with Gasteiger partial charge in [-0.15, -0.1) is 0 Å². The van der Waals surface area contributed by atoms with Gasteiger partial charge >= 0.3 is 0 Å². The fourth-order valence-corrected chi connectivity index (χ4v) is 3.50. The van der Waals surface area contributed by atoms with Crippen molar-refractivity contribution in [3.05, 3.63) is 58.4 Å². The highest BCUT2D eigenvalue weighted by Crippen LogP contribution is 2.33. The Hall–Kier alpha value is -2.75. The van der Waals surface area contributed by atoms with Crippen LogP contribution in [0.3, 0.4) is 0 Å². The Kier molecular flexibility index (Phi) is 5.84. The van der Waals surface area contributed by atoms with Crippen LogP contribution in [0.1, 0.15) is 38.7 Å². The lowest BCUT2D eigenvalue weighted by Gasteiger charge is -2.14. The number of unbranched alkanes of at least 4 members (excludes halogenated alkanes) is 1. The molecule has 1 atom stereocenters. The summed E-state index contributed by atoms with van der Waals surface area (Å²) >= 11 is 0. The molecule has 0 aliphatic carbocycles. The molecule has 0 saturated carbocycles. The van der Waals surface area contributed by atoms with E-state index in [-0.39, 0.29) is 11.2 Å². The van der Waals surface area contributed by atoms with E-state index in [0.29, 0.717) is 45.7 Å². The van der Waals surface area contributed by atoms with Crippen LogP contribution < -0.4 is 10.2 Å². The van der Waals surface area contributed by atoms with Gasteiger partial charge in [-0.2, -0.15) is 0 Å². The molecule has 3 aromatic rings. The van der Waals surface area contributed by atoms with Crippen molar-refractivity contribution in [2.24, 2.45) is 5.92 Å². The van der Waals surface area contributed by atoms with Crippen LogP contribution in [-0.2, 0) is 6.42 Å². The van der Waals surface area contributed by atoms with Crippen molar-refractivity contribution >= 4 is 11.0 Å². The second kappa shape index (κ2) is 8.30. The van der Waals surface area contributed by atoms with E-state index in [4.69, 9.17) is 9.15 Å². The van der Waals surface area contributed by atoms with Crippen molar-refractivity contribution in [2.45, 2.75) is 39.5 Å². The van der Waals surface area contributed by atoms with Gasteiger partial charge in [-0.3, -0.25) is 4.79 Å². The largest absolute Gasteiger partial charge is 0.508 e. The average molecular weight is 366 g/mol. The Morgan fingerprint density at radius 3 is 2.67 bits per heavy atom. The van der Waals surface area contributed by atoms with Crippen molar-refractivity contribution in [1.82, 2.24) is 0 Å². The molecule has 142 valence electrons. The molecule has 0 spiro atoms. The van der Waals surface area contributed by atoms with Gasteiger partial charge in [0.25, 0.3) is 0 Å². The van der Waals surface area contributed by atoms with E-state index in [9.17, 15) is 9.90 Å². The molecule has 2 aromatic carbocycles. The molecule has 27 heavy (non-hydrogen) atoms.